The van der Waals surface area contributed by atoms with Crippen molar-refractivity contribution in [1.29, 1.82) is 0 Å². The van der Waals surface area contributed by atoms with Crippen molar-refractivity contribution in [1.82, 2.24) is 14.6 Å². The minimum Gasteiger partial charge on any atom is -0.468 e. The molecule has 1 aromatic heterocycles. The van der Waals surface area contributed by atoms with Gasteiger partial charge >= 0.3 is 19.4 Å². The van der Waals surface area contributed by atoms with E-state index in [4.69, 9.17) is 25.4 Å². The van der Waals surface area contributed by atoms with Gasteiger partial charge in [-0.1, -0.05) is 29.8 Å². The summed E-state index contributed by atoms with van der Waals surface area (Å²) in [7, 11) is -2.93. The van der Waals surface area contributed by atoms with Gasteiger partial charge in [0.25, 0.3) is 5.56 Å². The van der Waals surface area contributed by atoms with Crippen LogP contribution in [0.25, 0.3) is 0 Å². The standard InChI is InChI=1S/C20H23ClN3O8P/c1-12-10-24(20(27)22-18(12)25)17-9-8-14(31-17)11-30-33(28,23-13(2)19(26)29-3)32-16-7-5-4-6-15(16)21/h4-10,13-14,17H,11H2,1-3H3,(H,23,28)(H,22,25,27). The van der Waals surface area contributed by atoms with E-state index in [0.717, 1.165) is 0 Å². The molecule has 0 spiro atoms. The second kappa shape index (κ2) is 10.5. The highest BCUT2D eigenvalue weighted by Gasteiger charge is 2.34. The summed E-state index contributed by atoms with van der Waals surface area (Å²) in [4.78, 5) is 37.7. The molecule has 1 aliphatic heterocycles. The fourth-order valence-electron chi connectivity index (χ4n) is 2.89. The van der Waals surface area contributed by atoms with Crippen molar-refractivity contribution < 1.29 is 27.9 Å². The number of benzene rings is 1. The highest BCUT2D eigenvalue weighted by Crippen LogP contribution is 2.47. The fourth-order valence-corrected chi connectivity index (χ4v) is 4.64. The Bertz CT molecular complexity index is 1210. The Balaban J connectivity index is 1.72. The molecule has 0 bridgehead atoms. The maximum atomic E-state index is 13.4. The van der Waals surface area contributed by atoms with Crippen LogP contribution in [0.15, 0.2) is 52.2 Å². The molecule has 2 N–H and O–H groups in total. The number of nitrogens with one attached hydrogen (secondary N) is 2. The SMILES string of the molecule is COC(=O)C(C)NP(=O)(OCC1C=CC(n2cc(C)c(=O)[nH]c2=O)O1)Oc1ccccc1Cl. The van der Waals surface area contributed by atoms with Crippen LogP contribution < -0.4 is 20.9 Å². The van der Waals surface area contributed by atoms with Crippen LogP contribution in [-0.2, 0) is 23.4 Å². The first-order chi connectivity index (χ1) is 15.6. The van der Waals surface area contributed by atoms with E-state index in [2.05, 4.69) is 14.8 Å². The van der Waals surface area contributed by atoms with Gasteiger partial charge in [-0.15, -0.1) is 0 Å². The summed E-state index contributed by atoms with van der Waals surface area (Å²) in [6.45, 7) is 2.75. The number of ether oxygens (including phenoxy) is 2. The van der Waals surface area contributed by atoms with Gasteiger partial charge in [-0.3, -0.25) is 23.7 Å². The number of hydrogen-bond acceptors (Lipinski definition) is 8. The van der Waals surface area contributed by atoms with Crippen LogP contribution in [0.5, 0.6) is 5.75 Å². The summed E-state index contributed by atoms with van der Waals surface area (Å²) in [5.74, 6) is -0.588. The number of methoxy groups -OCH3 is 1. The molecule has 0 radical (unpaired) electrons. The number of nitrogens with zero attached hydrogens (tertiary/aromatic N) is 1. The molecule has 0 fully saturated rings. The van der Waals surface area contributed by atoms with E-state index >= 15 is 0 Å². The van der Waals surface area contributed by atoms with E-state index in [9.17, 15) is 18.9 Å². The molecule has 4 atom stereocenters. The number of halogens is 1. The van der Waals surface area contributed by atoms with Gasteiger partial charge < -0.3 is 14.0 Å². The lowest BCUT2D eigenvalue weighted by molar-refractivity contribution is -0.142. The van der Waals surface area contributed by atoms with E-state index in [1.165, 1.54) is 30.9 Å². The van der Waals surface area contributed by atoms with Crippen LogP contribution in [0.4, 0.5) is 0 Å². The molecule has 178 valence electrons. The lowest BCUT2D eigenvalue weighted by atomic mass is 10.3. The second-order valence-electron chi connectivity index (χ2n) is 7.12. The van der Waals surface area contributed by atoms with Gasteiger partial charge in [0.2, 0.25) is 0 Å². The van der Waals surface area contributed by atoms with E-state index in [1.807, 2.05) is 0 Å². The zero-order valence-electron chi connectivity index (χ0n) is 18.0. The number of aromatic nitrogens is 2. The van der Waals surface area contributed by atoms with E-state index in [-0.39, 0.29) is 17.4 Å². The van der Waals surface area contributed by atoms with Crippen molar-refractivity contribution in [2.75, 3.05) is 13.7 Å². The van der Waals surface area contributed by atoms with Crippen LogP contribution in [0, 0.1) is 6.92 Å². The summed E-state index contributed by atoms with van der Waals surface area (Å²) in [6.07, 6.45) is 3.09. The van der Waals surface area contributed by atoms with Crippen LogP contribution in [0.1, 0.15) is 18.7 Å². The first kappa shape index (κ1) is 24.9. The molecule has 3 rings (SSSR count). The number of aromatic amines is 1. The number of H-pyrrole nitrogens is 1. The molecule has 0 saturated heterocycles. The summed E-state index contributed by atoms with van der Waals surface area (Å²) in [5, 5.41) is 2.71. The first-order valence-electron chi connectivity index (χ1n) is 9.82. The summed E-state index contributed by atoms with van der Waals surface area (Å²) in [6, 6.07) is 5.33. The molecule has 11 nitrogen and oxygen atoms in total. The Hall–Kier alpha value is -2.69. The maximum absolute atomic E-state index is 13.4. The van der Waals surface area contributed by atoms with Gasteiger partial charge in [-0.2, -0.15) is 5.09 Å². The van der Waals surface area contributed by atoms with Crippen molar-refractivity contribution in [2.24, 2.45) is 0 Å². The molecule has 4 unspecified atom stereocenters. The molecule has 33 heavy (non-hydrogen) atoms. The van der Waals surface area contributed by atoms with Crippen LogP contribution in [-0.4, -0.2) is 41.4 Å². The van der Waals surface area contributed by atoms with Gasteiger partial charge in [0.05, 0.1) is 18.7 Å². The first-order valence-corrected chi connectivity index (χ1v) is 11.7. The predicted octanol–water partition coefficient (Wildman–Crippen LogP) is 2.31. The molecule has 13 heteroatoms. The monoisotopic (exact) mass is 499 g/mol. The molecule has 2 heterocycles. The zero-order valence-corrected chi connectivity index (χ0v) is 19.7. The number of esters is 1. The summed E-state index contributed by atoms with van der Waals surface area (Å²) in [5.41, 5.74) is -0.783. The van der Waals surface area contributed by atoms with Gasteiger partial charge in [-0.05, 0) is 32.1 Å². The lowest BCUT2D eigenvalue weighted by Gasteiger charge is -2.24. The predicted molar refractivity (Wildman–Crippen MR) is 119 cm³/mol. The number of hydrogen-bond donors (Lipinski definition) is 2. The van der Waals surface area contributed by atoms with Crippen molar-refractivity contribution in [3.8, 4) is 5.75 Å². The topological polar surface area (TPSA) is 138 Å². The number of para-hydroxylation sites is 1. The Morgan fingerprint density at radius 3 is 2.76 bits per heavy atom. The van der Waals surface area contributed by atoms with Crippen molar-refractivity contribution >= 4 is 25.3 Å². The zero-order chi connectivity index (χ0) is 24.2. The number of rotatable bonds is 9. The molecule has 0 saturated carbocycles. The lowest BCUT2D eigenvalue weighted by Crippen LogP contribution is -2.35. The smallest absolute Gasteiger partial charge is 0.459 e. The third kappa shape index (κ3) is 6.21. The minimum absolute atomic E-state index is 0.0862. The Morgan fingerprint density at radius 2 is 2.06 bits per heavy atom. The van der Waals surface area contributed by atoms with E-state index < -0.39 is 43.3 Å². The van der Waals surface area contributed by atoms with Crippen molar-refractivity contribution in [3.05, 3.63) is 74.0 Å². The third-order valence-corrected chi connectivity index (χ3v) is 6.54. The highest BCUT2D eigenvalue weighted by atomic mass is 35.5. The maximum Gasteiger partial charge on any atom is 0.459 e. The average molecular weight is 500 g/mol. The molecule has 2 aromatic rings. The quantitative estimate of drug-likeness (QED) is 0.302. The fraction of sp³-hybridized carbons (Fsp3) is 0.350. The summed E-state index contributed by atoms with van der Waals surface area (Å²) < 4.78 is 36.1. The van der Waals surface area contributed by atoms with Crippen molar-refractivity contribution in [2.45, 2.75) is 32.2 Å². The highest BCUT2D eigenvalue weighted by molar-refractivity contribution is 7.52. The van der Waals surface area contributed by atoms with Gasteiger partial charge in [-0.25, -0.2) is 9.36 Å². The average Bonchev–Trinajstić information content (AvgIpc) is 3.25. The summed E-state index contributed by atoms with van der Waals surface area (Å²) >= 11 is 6.10. The molecule has 0 aliphatic carbocycles. The Kier molecular flexibility index (Phi) is 7.93. The molecule has 0 amide bonds. The molecule has 1 aliphatic rings. The largest absolute Gasteiger partial charge is 0.468 e. The van der Waals surface area contributed by atoms with Crippen LogP contribution in [0.3, 0.4) is 0 Å². The van der Waals surface area contributed by atoms with Gasteiger partial charge in [0.1, 0.15) is 17.9 Å². The molecular weight excluding hydrogens is 477 g/mol. The number of carbonyl (C=O) groups is 1. The minimum atomic E-state index is -4.12. The van der Waals surface area contributed by atoms with Gasteiger partial charge in [0.15, 0.2) is 6.23 Å². The third-order valence-electron chi connectivity index (χ3n) is 4.60. The van der Waals surface area contributed by atoms with Crippen LogP contribution in [0.2, 0.25) is 5.02 Å². The Morgan fingerprint density at radius 1 is 1.33 bits per heavy atom. The van der Waals surface area contributed by atoms with Gasteiger partial charge in [0, 0.05) is 11.8 Å². The van der Waals surface area contributed by atoms with E-state index in [1.54, 1.807) is 37.3 Å². The normalized spacial score (nSPS) is 20.2. The molecular formula is C20H23ClN3O8P. The molecule has 1 aromatic carbocycles. The van der Waals surface area contributed by atoms with Crippen LogP contribution >= 0.6 is 19.3 Å². The number of aryl methyl sites for hydroxylation is 1. The number of carbonyl (C=O) groups excluding carboxylic acids is 1. The Labute approximate surface area is 193 Å². The van der Waals surface area contributed by atoms with Crippen molar-refractivity contribution in [3.63, 3.8) is 0 Å². The van der Waals surface area contributed by atoms with E-state index in [0.29, 0.717) is 5.56 Å². The second-order valence-corrected chi connectivity index (χ2v) is 9.22.